The smallest absolute Gasteiger partial charge is 0.259 e. The lowest BCUT2D eigenvalue weighted by Crippen LogP contribution is -2.54. The van der Waals surface area contributed by atoms with Gasteiger partial charge in [-0.15, -0.1) is 17.8 Å². The number of anilines is 2. The standard InChI is InChI=1S/C42H50N4O5S.C12H12N2OS/c1-8-30-13-20-34(27-29(30)2)45-39(49)42(6,7)46(40(45)52)33-18-14-31(15-19-33)32-16-21-35(22-17-32)51-26-12-11-25-50-28-36(47)43-37(41(3,4)5)38(48)44-23-9-10-24-44;1-9-12(16-8-14-9)11-4-2-10(3-5-11)6-13-7-15/h1,13-22,27,37H,9-12,23-26,28H2,2-7H3,(H,43,47);2-5,7-8H,6H2,1H3,(H,13,15)/t37-;/m1./s1. The van der Waals surface area contributed by atoms with Gasteiger partial charge in [0.05, 0.1) is 28.4 Å². The average molecular weight is 955 g/mol. The Labute approximate surface area is 410 Å². The topological polar surface area (TPSA) is 133 Å². The average Bonchev–Trinajstić information content (AvgIpc) is 4.06. The van der Waals surface area contributed by atoms with Gasteiger partial charge in [0.25, 0.3) is 5.91 Å². The second-order valence-corrected chi connectivity index (χ2v) is 19.7. The predicted octanol–water partition coefficient (Wildman–Crippen LogP) is 9.25. The van der Waals surface area contributed by atoms with E-state index in [1.807, 2.05) is 143 Å². The molecule has 12 nitrogen and oxygen atoms in total. The van der Waals surface area contributed by atoms with Crippen molar-refractivity contribution in [1.82, 2.24) is 20.5 Å². The number of aromatic nitrogens is 1. The molecule has 4 amide bonds. The SMILES string of the molecule is C#Cc1ccc(N2C(=O)C(C)(C)N(c3ccc(-c4ccc(OCCCCOCC(=O)N[C@H](C(=O)N5CCCC5)C(C)(C)C)cc4)cc3)C2=S)cc1C.Cc1ncsc1-c1ccc(CNC=O)cc1. The van der Waals surface area contributed by atoms with Gasteiger partial charge in [0, 0.05) is 37.5 Å². The van der Waals surface area contributed by atoms with Crippen molar-refractivity contribution in [3.05, 3.63) is 119 Å². The lowest BCUT2D eigenvalue weighted by Gasteiger charge is -2.33. The van der Waals surface area contributed by atoms with Crippen molar-refractivity contribution in [1.29, 1.82) is 0 Å². The number of terminal acetylenes is 1. The maximum atomic E-state index is 13.6. The van der Waals surface area contributed by atoms with Gasteiger partial charge in [-0.25, -0.2) is 4.98 Å². The number of hydrogen-bond donors (Lipinski definition) is 2. The fraction of sp³-hybridized carbons (Fsp3) is 0.370. The van der Waals surface area contributed by atoms with Gasteiger partial charge in [0.15, 0.2) is 5.11 Å². The van der Waals surface area contributed by atoms with Crippen molar-refractivity contribution in [3.8, 4) is 39.7 Å². The van der Waals surface area contributed by atoms with Crippen molar-refractivity contribution in [3.63, 3.8) is 0 Å². The molecular weight excluding hydrogens is 893 g/mol. The molecule has 0 radical (unpaired) electrons. The molecule has 4 aromatic carbocycles. The Kier molecular flexibility index (Phi) is 17.3. The zero-order chi connectivity index (χ0) is 49.0. The summed E-state index contributed by atoms with van der Waals surface area (Å²) in [5, 5.41) is 5.96. The van der Waals surface area contributed by atoms with Crippen LogP contribution >= 0.6 is 23.6 Å². The normalized spacial score (nSPS) is 14.8. The van der Waals surface area contributed by atoms with Gasteiger partial charge in [-0.1, -0.05) is 75.2 Å². The van der Waals surface area contributed by atoms with Gasteiger partial charge in [0.2, 0.25) is 18.2 Å². The van der Waals surface area contributed by atoms with Crippen LogP contribution in [0.25, 0.3) is 21.6 Å². The van der Waals surface area contributed by atoms with Crippen LogP contribution in [0.15, 0.2) is 96.5 Å². The largest absolute Gasteiger partial charge is 0.494 e. The molecule has 2 aliphatic rings. The van der Waals surface area contributed by atoms with Crippen LogP contribution < -0.4 is 25.2 Å². The van der Waals surface area contributed by atoms with E-state index in [0.29, 0.717) is 37.0 Å². The third-order valence-corrected chi connectivity index (χ3v) is 13.3. The summed E-state index contributed by atoms with van der Waals surface area (Å²) >= 11 is 7.51. The van der Waals surface area contributed by atoms with Crippen LogP contribution in [0.3, 0.4) is 0 Å². The van der Waals surface area contributed by atoms with E-state index in [9.17, 15) is 19.2 Å². The summed E-state index contributed by atoms with van der Waals surface area (Å²) in [6.07, 6.45) is 9.84. The number of unbranched alkanes of at least 4 members (excludes halogenated alkanes) is 1. The fourth-order valence-electron chi connectivity index (χ4n) is 8.10. The summed E-state index contributed by atoms with van der Waals surface area (Å²) in [6.45, 7) is 16.5. The Hall–Kier alpha value is -6.40. The van der Waals surface area contributed by atoms with Gasteiger partial charge < -0.3 is 29.9 Å². The zero-order valence-corrected chi connectivity index (χ0v) is 41.7. The molecule has 2 N–H and O–H groups in total. The molecule has 3 heterocycles. The van der Waals surface area contributed by atoms with Crippen molar-refractivity contribution in [2.24, 2.45) is 5.41 Å². The van der Waals surface area contributed by atoms with Gasteiger partial charge in [-0.05, 0) is 141 Å². The van der Waals surface area contributed by atoms with Gasteiger partial charge in [0.1, 0.15) is 23.9 Å². The lowest BCUT2D eigenvalue weighted by molar-refractivity contribution is -0.139. The molecule has 1 atom stereocenters. The predicted molar refractivity (Wildman–Crippen MR) is 276 cm³/mol. The minimum Gasteiger partial charge on any atom is -0.494 e. The molecule has 2 aliphatic heterocycles. The number of amides is 4. The van der Waals surface area contributed by atoms with Gasteiger partial charge in [-0.2, -0.15) is 0 Å². The number of aryl methyl sites for hydroxylation is 2. The molecule has 0 aliphatic carbocycles. The van der Waals surface area contributed by atoms with Crippen LogP contribution in [0.4, 0.5) is 11.4 Å². The number of nitrogens with zero attached hydrogens (tertiary/aromatic N) is 4. The van der Waals surface area contributed by atoms with Crippen molar-refractivity contribution in [2.45, 2.75) is 92.3 Å². The summed E-state index contributed by atoms with van der Waals surface area (Å²) in [4.78, 5) is 60.1. The number of hydrogen-bond acceptors (Lipinski definition) is 9. The molecule has 68 heavy (non-hydrogen) atoms. The van der Waals surface area contributed by atoms with Crippen molar-refractivity contribution in [2.75, 3.05) is 42.7 Å². The molecule has 1 aromatic heterocycles. The van der Waals surface area contributed by atoms with E-state index in [0.717, 1.165) is 83.7 Å². The Balaban J connectivity index is 0.000000399. The summed E-state index contributed by atoms with van der Waals surface area (Å²) in [5.41, 5.74) is 9.21. The first-order valence-electron chi connectivity index (χ1n) is 22.9. The summed E-state index contributed by atoms with van der Waals surface area (Å²) in [6, 6.07) is 29.1. The highest BCUT2D eigenvalue weighted by Crippen LogP contribution is 2.38. The fourth-order valence-corrected chi connectivity index (χ4v) is 9.43. The van der Waals surface area contributed by atoms with E-state index in [2.05, 4.69) is 33.7 Å². The molecule has 0 unspecified atom stereocenters. The second-order valence-electron chi connectivity index (χ2n) is 18.5. The third-order valence-electron chi connectivity index (χ3n) is 12.0. The van der Waals surface area contributed by atoms with Crippen LogP contribution in [-0.4, -0.2) is 83.6 Å². The van der Waals surface area contributed by atoms with Crippen LogP contribution in [-0.2, 0) is 30.5 Å². The van der Waals surface area contributed by atoms with E-state index >= 15 is 0 Å². The van der Waals surface area contributed by atoms with Crippen LogP contribution in [0, 0.1) is 31.6 Å². The monoisotopic (exact) mass is 954 g/mol. The number of nitrogens with one attached hydrogen (secondary N) is 2. The van der Waals surface area contributed by atoms with Gasteiger partial charge in [-0.3, -0.25) is 24.1 Å². The van der Waals surface area contributed by atoms with Crippen molar-refractivity contribution >= 4 is 64.2 Å². The molecular formula is C54H62N6O6S2. The summed E-state index contributed by atoms with van der Waals surface area (Å²) < 4.78 is 11.5. The number of thiocarbonyl (C=S) groups is 1. The first-order chi connectivity index (χ1) is 32.5. The first-order valence-corrected chi connectivity index (χ1v) is 24.2. The number of carbonyl (C=O) groups is 4. The summed E-state index contributed by atoms with van der Waals surface area (Å²) in [5.74, 6) is 3.04. The molecule has 356 valence electrons. The van der Waals surface area contributed by atoms with Crippen LogP contribution in [0.1, 0.15) is 82.7 Å². The number of ether oxygens (including phenoxy) is 2. The molecule has 14 heteroatoms. The number of rotatable bonds is 17. The first kappa shape index (κ1) is 51.0. The number of carbonyl (C=O) groups excluding carboxylic acids is 4. The van der Waals surface area contributed by atoms with Gasteiger partial charge >= 0.3 is 0 Å². The maximum Gasteiger partial charge on any atom is 0.259 e. The Morgan fingerprint density at radius 2 is 1.53 bits per heavy atom. The second kappa shape index (κ2) is 23.1. The Morgan fingerprint density at radius 3 is 2.12 bits per heavy atom. The van der Waals surface area contributed by atoms with E-state index in [1.54, 1.807) is 16.2 Å². The van der Waals surface area contributed by atoms with E-state index in [1.165, 1.54) is 10.4 Å². The van der Waals surface area contributed by atoms with Crippen molar-refractivity contribution < 1.29 is 28.7 Å². The van der Waals surface area contributed by atoms with Crippen LogP contribution in [0.5, 0.6) is 5.75 Å². The molecule has 0 spiro atoms. The number of benzene rings is 4. The van der Waals surface area contributed by atoms with E-state index < -0.39 is 17.0 Å². The highest BCUT2D eigenvalue weighted by molar-refractivity contribution is 7.81. The number of thiazole rings is 1. The highest BCUT2D eigenvalue weighted by atomic mass is 32.1. The van der Waals surface area contributed by atoms with E-state index in [-0.39, 0.29) is 24.3 Å². The Morgan fingerprint density at radius 1 is 0.912 bits per heavy atom. The minimum atomic E-state index is -0.874. The highest BCUT2D eigenvalue weighted by Gasteiger charge is 2.50. The Bertz CT molecular complexity index is 2590. The molecule has 2 saturated heterocycles. The zero-order valence-electron chi connectivity index (χ0n) is 40.1. The summed E-state index contributed by atoms with van der Waals surface area (Å²) in [7, 11) is 0. The van der Waals surface area contributed by atoms with Crippen LogP contribution in [0.2, 0.25) is 0 Å². The molecule has 7 rings (SSSR count). The number of likely N-dealkylation sites (tertiary alicyclic amines) is 1. The quantitative estimate of drug-likeness (QED) is 0.0405. The minimum absolute atomic E-state index is 0.0148. The molecule has 5 aromatic rings. The third kappa shape index (κ3) is 12.6. The lowest BCUT2D eigenvalue weighted by atomic mass is 9.85. The molecule has 0 saturated carbocycles. The maximum absolute atomic E-state index is 13.6. The molecule has 2 fully saturated rings. The molecule has 0 bridgehead atoms. The van der Waals surface area contributed by atoms with E-state index in [4.69, 9.17) is 28.1 Å².